The lowest BCUT2D eigenvalue weighted by atomic mass is 9.31. The molecule has 0 bridgehead atoms. The second-order valence-corrected chi connectivity index (χ2v) is 17.7. The van der Waals surface area contributed by atoms with Gasteiger partial charge >= 0.3 is 0 Å². The molecule has 0 saturated heterocycles. The summed E-state index contributed by atoms with van der Waals surface area (Å²) in [5.74, 6) is 11.5. The number of nitrogens with zero attached hydrogens (tertiary/aromatic N) is 5. The van der Waals surface area contributed by atoms with E-state index in [1.807, 2.05) is 36.4 Å². The first-order chi connectivity index (χ1) is 27.7. The smallest absolute Gasteiger partial charge is 0.164 e. The third-order valence-electron chi connectivity index (χ3n) is 15.2. The van der Waals surface area contributed by atoms with Crippen LogP contribution in [0.4, 0.5) is 0 Å². The summed E-state index contributed by atoms with van der Waals surface area (Å²) in [4.78, 5) is 25.9. The van der Waals surface area contributed by atoms with Crippen molar-refractivity contribution in [3.63, 3.8) is 0 Å². The number of rotatable bonds is 8. The van der Waals surface area contributed by atoms with E-state index in [9.17, 15) is 0 Å². The fourth-order valence-electron chi connectivity index (χ4n) is 12.4. The summed E-state index contributed by atoms with van der Waals surface area (Å²) in [5.41, 5.74) is 11.0. The monoisotopic (exact) mass is 723 g/mol. The van der Waals surface area contributed by atoms with Crippen LogP contribution in [0.5, 0.6) is 0 Å². The van der Waals surface area contributed by atoms with E-state index >= 15 is 0 Å². The number of hydrogen-bond acceptors (Lipinski definition) is 5. The van der Waals surface area contributed by atoms with Gasteiger partial charge in [0.15, 0.2) is 23.3 Å². The SMILES string of the molecule is c1ccc(-c2nc(-c3ccc(C4C5CC6CC4C65)cc3)cc(-c3cc(-c4nc(-c5ccccc5)nc(-c5ccccc5)n4)cc(C4C5CC6CC4C65)c3)n2)cc1. The highest BCUT2D eigenvalue weighted by molar-refractivity contribution is 5.76. The molecule has 6 aliphatic carbocycles. The van der Waals surface area contributed by atoms with E-state index in [1.54, 1.807) is 0 Å². The minimum absolute atomic E-state index is 0.572. The highest BCUT2D eigenvalue weighted by Gasteiger charge is 2.68. The Hall–Kier alpha value is -5.81. The molecule has 0 N–H and O–H groups in total. The Labute approximate surface area is 327 Å². The van der Waals surface area contributed by atoms with Gasteiger partial charge in [0.05, 0.1) is 11.4 Å². The molecule has 4 unspecified atom stereocenters. The zero-order valence-corrected chi connectivity index (χ0v) is 31.1. The van der Waals surface area contributed by atoms with E-state index in [1.165, 1.54) is 36.8 Å². The Balaban J connectivity index is 0.961. The summed E-state index contributed by atoms with van der Waals surface area (Å²) in [6, 6.07) is 49.6. The molecular weight excluding hydrogens is 683 g/mol. The van der Waals surface area contributed by atoms with Gasteiger partial charge in [-0.05, 0) is 120 Å². The Kier molecular flexibility index (Phi) is 6.64. The van der Waals surface area contributed by atoms with Crippen LogP contribution in [0.25, 0.3) is 68.1 Å². The van der Waals surface area contributed by atoms with Crippen LogP contribution in [-0.2, 0) is 0 Å². The van der Waals surface area contributed by atoms with Crippen molar-refractivity contribution >= 4 is 0 Å². The molecule has 5 heteroatoms. The van der Waals surface area contributed by atoms with Crippen molar-refractivity contribution in [2.45, 2.75) is 37.5 Å². The fraction of sp³-hybridized carbons (Fsp3) is 0.275. The molecule has 4 atom stereocenters. The molecule has 2 heterocycles. The summed E-state index contributed by atoms with van der Waals surface area (Å²) >= 11 is 0. The first kappa shape index (κ1) is 31.4. The Morgan fingerprint density at radius 3 is 1.20 bits per heavy atom. The Morgan fingerprint density at radius 2 is 0.732 bits per heavy atom. The van der Waals surface area contributed by atoms with Crippen molar-refractivity contribution in [2.24, 2.45) is 47.3 Å². The van der Waals surface area contributed by atoms with E-state index in [4.69, 9.17) is 24.9 Å². The standard InChI is InChI=1S/C51H41N5/c1-4-10-30(11-5-1)48-52-42(28-16-18-29(19-17-28)44-38-23-35-24-39(44)46(35)38)27-43(53-48)33-20-34(45-40-25-36-26-41(45)47(36)40)22-37(21-33)51-55-49(31-12-6-2-7-13-31)54-50(56-51)32-14-8-3-9-15-32/h1-22,27,35-36,38-41,44-47H,23-26H2. The third-order valence-corrected chi connectivity index (χ3v) is 15.2. The van der Waals surface area contributed by atoms with E-state index in [2.05, 4.69) is 103 Å². The van der Waals surface area contributed by atoms with Crippen molar-refractivity contribution in [1.82, 2.24) is 24.9 Å². The van der Waals surface area contributed by atoms with Crippen LogP contribution in [-0.4, -0.2) is 24.9 Å². The molecule has 0 spiro atoms. The minimum atomic E-state index is 0.572. The van der Waals surface area contributed by atoms with Gasteiger partial charge in [0.1, 0.15) is 0 Å². The first-order valence-electron chi connectivity index (χ1n) is 20.8. The molecule has 56 heavy (non-hydrogen) atoms. The van der Waals surface area contributed by atoms with Gasteiger partial charge in [-0.15, -0.1) is 0 Å². The van der Waals surface area contributed by atoms with Gasteiger partial charge in [-0.1, -0.05) is 115 Å². The van der Waals surface area contributed by atoms with E-state index < -0.39 is 0 Å². The van der Waals surface area contributed by atoms with E-state index in [0.717, 1.165) is 104 Å². The normalized spacial score (nSPS) is 29.5. The summed E-state index contributed by atoms with van der Waals surface area (Å²) in [6.45, 7) is 0. The predicted molar refractivity (Wildman–Crippen MR) is 220 cm³/mol. The second kappa shape index (κ2) is 11.8. The van der Waals surface area contributed by atoms with Crippen molar-refractivity contribution < 1.29 is 0 Å². The molecule has 13 rings (SSSR count). The van der Waals surface area contributed by atoms with Gasteiger partial charge in [-0.25, -0.2) is 24.9 Å². The van der Waals surface area contributed by atoms with Crippen molar-refractivity contribution in [2.75, 3.05) is 0 Å². The lowest BCUT2D eigenvalue weighted by Gasteiger charge is -2.73. The van der Waals surface area contributed by atoms with Gasteiger partial charge in [-0.2, -0.15) is 0 Å². The predicted octanol–water partition coefficient (Wildman–Crippen LogP) is 11.4. The maximum atomic E-state index is 5.33. The number of hydrogen-bond donors (Lipinski definition) is 0. The molecule has 0 radical (unpaired) electrons. The van der Waals surface area contributed by atoms with Crippen LogP contribution in [0.2, 0.25) is 0 Å². The molecule has 270 valence electrons. The van der Waals surface area contributed by atoms with Crippen LogP contribution in [0.15, 0.2) is 140 Å². The average Bonchev–Trinajstić information content (AvgIpc) is 3.26. The van der Waals surface area contributed by atoms with Gasteiger partial charge in [0, 0.05) is 33.4 Å². The van der Waals surface area contributed by atoms with Gasteiger partial charge in [0.2, 0.25) is 0 Å². The second-order valence-electron chi connectivity index (χ2n) is 17.7. The summed E-state index contributed by atoms with van der Waals surface area (Å²) < 4.78 is 0. The highest BCUT2D eigenvalue weighted by atomic mass is 15.0. The van der Waals surface area contributed by atoms with Crippen LogP contribution >= 0.6 is 0 Å². The van der Waals surface area contributed by atoms with Crippen molar-refractivity contribution in [3.05, 3.63) is 151 Å². The van der Waals surface area contributed by atoms with E-state index in [-0.39, 0.29) is 0 Å². The van der Waals surface area contributed by atoms with E-state index in [0.29, 0.717) is 23.4 Å². The lowest BCUT2D eigenvalue weighted by molar-refractivity contribution is -0.214. The summed E-state index contributed by atoms with van der Waals surface area (Å²) in [7, 11) is 0. The first-order valence-corrected chi connectivity index (χ1v) is 20.8. The quantitative estimate of drug-likeness (QED) is 0.156. The van der Waals surface area contributed by atoms with Crippen molar-refractivity contribution in [1.29, 1.82) is 0 Å². The molecule has 5 aromatic carbocycles. The topological polar surface area (TPSA) is 64.5 Å². The maximum Gasteiger partial charge on any atom is 0.164 e. The zero-order valence-electron chi connectivity index (χ0n) is 31.1. The zero-order chi connectivity index (χ0) is 36.5. The highest BCUT2D eigenvalue weighted by Crippen LogP contribution is 2.76. The van der Waals surface area contributed by atoms with Crippen LogP contribution < -0.4 is 0 Å². The molecule has 7 aromatic rings. The molecule has 0 aliphatic heterocycles. The van der Waals surface area contributed by atoms with Crippen molar-refractivity contribution in [3.8, 4) is 68.1 Å². The van der Waals surface area contributed by atoms with Gasteiger partial charge in [0.25, 0.3) is 0 Å². The molecule has 6 fully saturated rings. The fourth-order valence-corrected chi connectivity index (χ4v) is 12.4. The molecule has 0 amide bonds. The number of benzene rings is 5. The largest absolute Gasteiger partial charge is 0.228 e. The molecule has 2 aromatic heterocycles. The summed E-state index contributed by atoms with van der Waals surface area (Å²) in [5, 5.41) is 0. The summed E-state index contributed by atoms with van der Waals surface area (Å²) in [6.07, 6.45) is 5.62. The molecule has 5 nitrogen and oxygen atoms in total. The van der Waals surface area contributed by atoms with Gasteiger partial charge < -0.3 is 0 Å². The lowest BCUT2D eigenvalue weighted by Crippen LogP contribution is -2.65. The third kappa shape index (κ3) is 4.63. The average molecular weight is 724 g/mol. The minimum Gasteiger partial charge on any atom is -0.228 e. The molecule has 6 saturated carbocycles. The Bertz CT molecular complexity index is 2570. The Morgan fingerprint density at radius 1 is 0.321 bits per heavy atom. The van der Waals surface area contributed by atoms with Crippen LogP contribution in [0.1, 0.15) is 48.6 Å². The van der Waals surface area contributed by atoms with Gasteiger partial charge in [-0.3, -0.25) is 0 Å². The molecule has 6 aliphatic rings. The van der Waals surface area contributed by atoms with Crippen LogP contribution in [0, 0.1) is 47.3 Å². The molecular formula is C51H41N5. The maximum absolute atomic E-state index is 5.33. The number of aromatic nitrogens is 5. The van der Waals surface area contributed by atoms with Crippen LogP contribution in [0.3, 0.4) is 0 Å².